The molecule has 0 bridgehead atoms. The number of hydrogen-bond donors (Lipinski definition) is 1. The van der Waals surface area contributed by atoms with E-state index in [2.05, 4.69) is 27.3 Å². The van der Waals surface area contributed by atoms with Crippen LogP contribution >= 0.6 is 22.6 Å². The Morgan fingerprint density at radius 3 is 1.76 bits per heavy atom. The number of sulfone groups is 1. The van der Waals surface area contributed by atoms with Gasteiger partial charge in [-0.2, -0.15) is 0 Å². The molecular weight excluding hydrogens is 425 g/mol. The molecule has 0 saturated carbocycles. The highest BCUT2D eigenvalue weighted by Crippen LogP contribution is 2.19. The number of halogens is 1. The molecule has 2 aromatic rings. The van der Waals surface area contributed by atoms with Crippen LogP contribution in [0.4, 0.5) is 5.69 Å². The first-order chi connectivity index (χ1) is 9.68. The summed E-state index contributed by atoms with van der Waals surface area (Å²) < 4.78 is 50.5. The molecule has 0 aliphatic heterocycles. The molecule has 0 amide bonds. The molecule has 112 valence electrons. The molecule has 5 nitrogen and oxygen atoms in total. The second-order valence-electron chi connectivity index (χ2n) is 4.36. The van der Waals surface area contributed by atoms with Gasteiger partial charge in [0, 0.05) is 15.5 Å². The van der Waals surface area contributed by atoms with Gasteiger partial charge in [-0.15, -0.1) is 0 Å². The van der Waals surface area contributed by atoms with Crippen LogP contribution in [0.3, 0.4) is 0 Å². The molecule has 0 aromatic heterocycles. The van der Waals surface area contributed by atoms with E-state index in [0.29, 0.717) is 5.69 Å². The number of hydrogen-bond acceptors (Lipinski definition) is 4. The van der Waals surface area contributed by atoms with Crippen molar-refractivity contribution in [2.45, 2.75) is 9.79 Å². The lowest BCUT2D eigenvalue weighted by Gasteiger charge is -2.08. The maximum atomic E-state index is 12.2. The van der Waals surface area contributed by atoms with Crippen LogP contribution in [0.2, 0.25) is 0 Å². The zero-order chi connectivity index (χ0) is 15.7. The minimum atomic E-state index is -3.74. The quantitative estimate of drug-likeness (QED) is 0.746. The SMILES string of the molecule is CS(=O)(=O)c1ccc(S(=O)(=O)Nc2ccc(I)cc2)cc1. The molecule has 0 aliphatic carbocycles. The fraction of sp³-hybridized carbons (Fsp3) is 0.0769. The Bertz CT molecular complexity index is 842. The van der Waals surface area contributed by atoms with Gasteiger partial charge in [-0.1, -0.05) is 0 Å². The van der Waals surface area contributed by atoms with Crippen molar-refractivity contribution in [1.29, 1.82) is 0 Å². The summed E-state index contributed by atoms with van der Waals surface area (Å²) in [5, 5.41) is 0. The summed E-state index contributed by atoms with van der Waals surface area (Å²) in [7, 11) is -7.08. The summed E-state index contributed by atoms with van der Waals surface area (Å²) in [6.45, 7) is 0. The summed E-state index contributed by atoms with van der Waals surface area (Å²) in [6.07, 6.45) is 1.07. The van der Waals surface area contributed by atoms with E-state index in [1.165, 1.54) is 24.3 Å². The van der Waals surface area contributed by atoms with Gasteiger partial charge in [0.1, 0.15) is 0 Å². The van der Waals surface area contributed by atoms with Crippen LogP contribution in [0.15, 0.2) is 58.3 Å². The van der Waals surface area contributed by atoms with Crippen LogP contribution in [0.25, 0.3) is 0 Å². The van der Waals surface area contributed by atoms with Gasteiger partial charge in [-0.3, -0.25) is 4.72 Å². The van der Waals surface area contributed by atoms with Crippen molar-refractivity contribution in [3.63, 3.8) is 0 Å². The molecule has 0 heterocycles. The summed E-state index contributed by atoms with van der Waals surface area (Å²) in [4.78, 5) is 0.0872. The third-order valence-electron chi connectivity index (χ3n) is 2.66. The maximum absolute atomic E-state index is 12.2. The first-order valence-electron chi connectivity index (χ1n) is 5.77. The third kappa shape index (κ3) is 4.17. The lowest BCUT2D eigenvalue weighted by atomic mass is 10.3. The predicted octanol–water partition coefficient (Wildman–Crippen LogP) is 2.50. The lowest BCUT2D eigenvalue weighted by molar-refractivity contribution is 0.597. The van der Waals surface area contributed by atoms with E-state index in [1.54, 1.807) is 24.3 Å². The summed E-state index contributed by atoms with van der Waals surface area (Å²) in [5.74, 6) is 0. The van der Waals surface area contributed by atoms with E-state index in [0.717, 1.165) is 9.83 Å². The van der Waals surface area contributed by atoms with Crippen molar-refractivity contribution >= 4 is 48.1 Å². The van der Waals surface area contributed by atoms with Crippen molar-refractivity contribution in [2.75, 3.05) is 11.0 Å². The number of anilines is 1. The average Bonchev–Trinajstić information content (AvgIpc) is 2.40. The number of nitrogens with one attached hydrogen (secondary N) is 1. The molecule has 21 heavy (non-hydrogen) atoms. The van der Waals surface area contributed by atoms with Crippen molar-refractivity contribution in [3.8, 4) is 0 Å². The van der Waals surface area contributed by atoms with E-state index in [1.807, 2.05) is 0 Å². The molecule has 0 saturated heterocycles. The van der Waals surface area contributed by atoms with Gasteiger partial charge in [0.15, 0.2) is 9.84 Å². The first-order valence-corrected chi connectivity index (χ1v) is 10.2. The molecule has 8 heteroatoms. The lowest BCUT2D eigenvalue weighted by Crippen LogP contribution is -2.13. The van der Waals surface area contributed by atoms with Crippen LogP contribution in [0.5, 0.6) is 0 Å². The zero-order valence-corrected chi connectivity index (χ0v) is 14.7. The van der Waals surface area contributed by atoms with E-state index < -0.39 is 19.9 Å². The zero-order valence-electron chi connectivity index (χ0n) is 10.9. The fourth-order valence-corrected chi connectivity index (χ4v) is 3.65. The molecule has 0 radical (unpaired) electrons. The van der Waals surface area contributed by atoms with E-state index in [-0.39, 0.29) is 9.79 Å². The highest BCUT2D eigenvalue weighted by atomic mass is 127. The number of sulfonamides is 1. The monoisotopic (exact) mass is 437 g/mol. The third-order valence-corrected chi connectivity index (χ3v) is 5.90. The largest absolute Gasteiger partial charge is 0.280 e. The van der Waals surface area contributed by atoms with Gasteiger partial charge in [-0.05, 0) is 71.1 Å². The Labute approximate surface area is 137 Å². The fourth-order valence-electron chi connectivity index (χ4n) is 1.60. The molecule has 0 spiro atoms. The average molecular weight is 437 g/mol. The Morgan fingerprint density at radius 2 is 1.29 bits per heavy atom. The van der Waals surface area contributed by atoms with Gasteiger partial charge in [0.05, 0.1) is 9.79 Å². The van der Waals surface area contributed by atoms with Crippen LogP contribution < -0.4 is 4.72 Å². The minimum Gasteiger partial charge on any atom is -0.280 e. The number of rotatable bonds is 4. The topological polar surface area (TPSA) is 80.3 Å². The van der Waals surface area contributed by atoms with Crippen LogP contribution in [-0.4, -0.2) is 23.1 Å². The van der Waals surface area contributed by atoms with Gasteiger partial charge >= 0.3 is 0 Å². The van der Waals surface area contributed by atoms with Crippen molar-refractivity contribution < 1.29 is 16.8 Å². The smallest absolute Gasteiger partial charge is 0.261 e. The van der Waals surface area contributed by atoms with Gasteiger partial charge in [0.25, 0.3) is 10.0 Å². The Hall–Kier alpha value is -1.13. The Kier molecular flexibility index (Phi) is 4.59. The van der Waals surface area contributed by atoms with Crippen LogP contribution in [-0.2, 0) is 19.9 Å². The van der Waals surface area contributed by atoms with Gasteiger partial charge in [-0.25, -0.2) is 16.8 Å². The summed E-state index contributed by atoms with van der Waals surface area (Å²) in [5.41, 5.74) is 0.447. The number of benzene rings is 2. The Balaban J connectivity index is 2.29. The van der Waals surface area contributed by atoms with E-state index >= 15 is 0 Å². The second kappa shape index (κ2) is 5.93. The molecular formula is C13H12INO4S2. The minimum absolute atomic E-state index is 0.00782. The standard InChI is InChI=1S/C13H12INO4S2/c1-20(16,17)12-6-8-13(9-7-12)21(18,19)15-11-4-2-10(14)3-5-11/h2-9,15H,1H3. The van der Waals surface area contributed by atoms with E-state index in [9.17, 15) is 16.8 Å². The molecule has 1 N–H and O–H groups in total. The predicted molar refractivity (Wildman–Crippen MR) is 89.5 cm³/mol. The first kappa shape index (κ1) is 16.2. The maximum Gasteiger partial charge on any atom is 0.261 e. The van der Waals surface area contributed by atoms with Crippen LogP contribution in [0, 0.1) is 3.57 Å². The highest BCUT2D eigenvalue weighted by molar-refractivity contribution is 14.1. The molecule has 2 aromatic carbocycles. The van der Waals surface area contributed by atoms with Crippen molar-refractivity contribution in [2.24, 2.45) is 0 Å². The van der Waals surface area contributed by atoms with Gasteiger partial charge < -0.3 is 0 Å². The molecule has 0 atom stereocenters. The van der Waals surface area contributed by atoms with Crippen molar-refractivity contribution in [1.82, 2.24) is 0 Å². The summed E-state index contributed by atoms with van der Waals surface area (Å²) in [6, 6.07) is 12.0. The molecule has 0 fully saturated rings. The molecule has 0 aliphatic rings. The van der Waals surface area contributed by atoms with Crippen molar-refractivity contribution in [3.05, 3.63) is 52.1 Å². The Morgan fingerprint density at radius 1 is 0.810 bits per heavy atom. The second-order valence-corrected chi connectivity index (χ2v) is 9.30. The summed E-state index contributed by atoms with van der Waals surface area (Å²) >= 11 is 2.12. The molecule has 2 rings (SSSR count). The normalized spacial score (nSPS) is 12.1. The molecule has 0 unspecified atom stereocenters. The van der Waals surface area contributed by atoms with E-state index in [4.69, 9.17) is 0 Å². The highest BCUT2D eigenvalue weighted by Gasteiger charge is 2.15. The van der Waals surface area contributed by atoms with Gasteiger partial charge in [0.2, 0.25) is 0 Å². The van der Waals surface area contributed by atoms with Crippen LogP contribution in [0.1, 0.15) is 0 Å².